The highest BCUT2D eigenvalue weighted by Crippen LogP contribution is 2.63. The molecule has 0 aromatic heterocycles. The van der Waals surface area contributed by atoms with Crippen molar-refractivity contribution in [2.45, 2.75) is 133 Å². The Bertz CT molecular complexity index is 1820. The summed E-state index contributed by atoms with van der Waals surface area (Å²) in [5, 5.41) is 0. The molecule has 7 aliphatic carbocycles. The van der Waals surface area contributed by atoms with Gasteiger partial charge in [0.2, 0.25) is 0 Å². The van der Waals surface area contributed by atoms with Crippen LogP contribution in [0.5, 0.6) is 0 Å². The minimum Gasteiger partial charge on any atom is -0.310 e. The molecular weight excluding hydrogens is 627 g/mol. The van der Waals surface area contributed by atoms with Gasteiger partial charge in [-0.3, -0.25) is 0 Å². The lowest BCUT2D eigenvalue weighted by Gasteiger charge is -2.49. The van der Waals surface area contributed by atoms with Gasteiger partial charge in [0.05, 0.1) is 0 Å². The molecule has 4 bridgehead atoms. The maximum absolute atomic E-state index is 2.71. The van der Waals surface area contributed by atoms with Crippen LogP contribution in [0, 0.1) is 35.5 Å². The van der Waals surface area contributed by atoms with E-state index < -0.39 is 0 Å². The third kappa shape index (κ3) is 5.06. The summed E-state index contributed by atoms with van der Waals surface area (Å²) in [6.07, 6.45) is 25.5. The molecule has 52 heavy (non-hydrogen) atoms. The molecule has 6 atom stereocenters. The first kappa shape index (κ1) is 32.1. The largest absolute Gasteiger partial charge is 0.310 e. The third-order valence-electron chi connectivity index (χ3n) is 16.5. The molecule has 268 valence electrons. The summed E-state index contributed by atoms with van der Waals surface area (Å²) in [7, 11) is 0. The number of hydrogen-bond donors (Lipinski definition) is 0. The minimum absolute atomic E-state index is 0.131. The maximum Gasteiger partial charge on any atom is 0.0465 e. The first-order valence-electron chi connectivity index (χ1n) is 22.0. The Morgan fingerprint density at radius 3 is 1.42 bits per heavy atom. The van der Waals surface area contributed by atoms with Crippen LogP contribution in [-0.4, -0.2) is 0 Å². The van der Waals surface area contributed by atoms with E-state index in [4.69, 9.17) is 0 Å². The van der Waals surface area contributed by atoms with Gasteiger partial charge < -0.3 is 4.90 Å². The quantitative estimate of drug-likeness (QED) is 0.187. The van der Waals surface area contributed by atoms with Crippen molar-refractivity contribution in [1.29, 1.82) is 0 Å². The summed E-state index contributed by atoms with van der Waals surface area (Å²) in [5.41, 5.74) is 13.7. The predicted molar refractivity (Wildman–Crippen MR) is 217 cm³/mol. The molecule has 0 spiro atoms. The topological polar surface area (TPSA) is 3.24 Å². The zero-order valence-corrected chi connectivity index (χ0v) is 31.5. The Balaban J connectivity index is 1.04. The highest BCUT2D eigenvalue weighted by molar-refractivity contribution is 5.86. The number of nitrogens with zero attached hydrogens (tertiary/aromatic N) is 1. The highest BCUT2D eigenvalue weighted by Gasteiger charge is 2.53. The fourth-order valence-corrected chi connectivity index (χ4v) is 14.3. The van der Waals surface area contributed by atoms with E-state index in [9.17, 15) is 0 Å². The standard InChI is InChI=1S/C51H59N/c1-3-9-40(10-4-1)51(41-11-5-2-6-12-41)49-14-8-7-13-45(49)46-28-27-44(33-50(46)51)52(42-23-19-36(20-24-42)47-31-34-15-17-38(47)29-34)43-25-21-37(22-26-43)48-32-35-16-18-39(48)30-35/h7-8,13-14,19-28,33-35,38-41,47-48H,1-6,9-12,15-18,29-32H2. The van der Waals surface area contributed by atoms with Crippen LogP contribution in [0.25, 0.3) is 11.1 Å². The minimum atomic E-state index is 0.131. The SMILES string of the molecule is c1ccc2c(c1)-c1ccc(N(c3ccc(C4CC5CCC4C5)cc3)c3ccc(C4CC5CCC4C5)cc3)cc1C2(C1CCCCC1)C1CCCCC1. The number of hydrogen-bond acceptors (Lipinski definition) is 1. The van der Waals surface area contributed by atoms with Crippen LogP contribution in [0.2, 0.25) is 0 Å². The summed E-state index contributed by atoms with van der Waals surface area (Å²) in [4.78, 5) is 2.63. The summed E-state index contributed by atoms with van der Waals surface area (Å²) in [6, 6.07) is 37.3. The smallest absolute Gasteiger partial charge is 0.0465 e. The first-order chi connectivity index (χ1) is 25.7. The van der Waals surface area contributed by atoms with Gasteiger partial charge in [-0.2, -0.15) is 0 Å². The molecule has 0 aliphatic heterocycles. The summed E-state index contributed by atoms with van der Waals surface area (Å²) < 4.78 is 0. The van der Waals surface area contributed by atoms with Gasteiger partial charge in [-0.15, -0.1) is 0 Å². The number of fused-ring (bicyclic) bond motifs is 7. The van der Waals surface area contributed by atoms with E-state index in [0.29, 0.717) is 0 Å². The molecule has 0 heterocycles. The Hall–Kier alpha value is -3.32. The van der Waals surface area contributed by atoms with E-state index in [1.54, 1.807) is 22.3 Å². The molecule has 4 aromatic rings. The van der Waals surface area contributed by atoms with Gasteiger partial charge in [-0.1, -0.05) is 106 Å². The Morgan fingerprint density at radius 2 is 0.923 bits per heavy atom. The Labute approximate surface area is 313 Å². The normalized spacial score (nSPS) is 30.5. The molecule has 1 heteroatoms. The molecule has 6 unspecified atom stereocenters. The fourth-order valence-electron chi connectivity index (χ4n) is 14.3. The van der Waals surface area contributed by atoms with E-state index in [1.165, 1.54) is 144 Å². The number of benzene rings is 4. The van der Waals surface area contributed by atoms with Gasteiger partial charge in [-0.25, -0.2) is 0 Å². The summed E-state index contributed by atoms with van der Waals surface area (Å²) in [5.74, 6) is 6.79. The van der Waals surface area contributed by atoms with Crippen molar-refractivity contribution < 1.29 is 0 Å². The monoisotopic (exact) mass is 685 g/mol. The zero-order chi connectivity index (χ0) is 34.2. The van der Waals surface area contributed by atoms with Gasteiger partial charge in [0.1, 0.15) is 0 Å². The lowest BCUT2D eigenvalue weighted by Crippen LogP contribution is -2.44. The molecule has 0 saturated heterocycles. The van der Waals surface area contributed by atoms with Crippen molar-refractivity contribution in [2.24, 2.45) is 35.5 Å². The Kier molecular flexibility index (Phi) is 7.98. The second kappa shape index (κ2) is 12.9. The van der Waals surface area contributed by atoms with Gasteiger partial charge in [0.25, 0.3) is 0 Å². The second-order valence-electron chi connectivity index (χ2n) is 18.9. The first-order valence-corrected chi connectivity index (χ1v) is 22.0. The third-order valence-corrected chi connectivity index (χ3v) is 16.5. The molecule has 6 saturated carbocycles. The molecular formula is C51H59N. The van der Waals surface area contributed by atoms with Gasteiger partial charge >= 0.3 is 0 Å². The molecule has 1 nitrogen and oxygen atoms in total. The maximum atomic E-state index is 2.71. The van der Waals surface area contributed by atoms with Crippen LogP contribution in [0.1, 0.15) is 150 Å². The van der Waals surface area contributed by atoms with Crippen molar-refractivity contribution in [3.63, 3.8) is 0 Å². The highest BCUT2D eigenvalue weighted by atomic mass is 15.1. The van der Waals surface area contributed by atoms with Crippen LogP contribution >= 0.6 is 0 Å². The van der Waals surface area contributed by atoms with E-state index in [1.807, 2.05) is 0 Å². The molecule has 0 amide bonds. The zero-order valence-electron chi connectivity index (χ0n) is 31.5. The van der Waals surface area contributed by atoms with Gasteiger partial charge in [0, 0.05) is 22.5 Å². The van der Waals surface area contributed by atoms with Crippen molar-refractivity contribution in [3.8, 4) is 11.1 Å². The molecule has 0 N–H and O–H groups in total. The molecule has 4 aromatic carbocycles. The van der Waals surface area contributed by atoms with Crippen molar-refractivity contribution in [3.05, 3.63) is 113 Å². The predicted octanol–water partition coefficient (Wildman–Crippen LogP) is 14.4. The van der Waals surface area contributed by atoms with E-state index in [-0.39, 0.29) is 5.41 Å². The van der Waals surface area contributed by atoms with E-state index in [0.717, 1.165) is 47.3 Å². The average Bonchev–Trinajstić information content (AvgIpc) is 4.07. The van der Waals surface area contributed by atoms with E-state index in [2.05, 4.69) is 95.9 Å². The van der Waals surface area contributed by atoms with Crippen LogP contribution < -0.4 is 4.90 Å². The van der Waals surface area contributed by atoms with Crippen LogP contribution in [0.3, 0.4) is 0 Å². The number of anilines is 3. The molecule has 11 rings (SSSR count). The fraction of sp³-hybridized carbons (Fsp3) is 0.529. The van der Waals surface area contributed by atoms with Crippen LogP contribution in [0.4, 0.5) is 17.1 Å². The van der Waals surface area contributed by atoms with Gasteiger partial charge in [-0.05, 0) is 181 Å². The van der Waals surface area contributed by atoms with Gasteiger partial charge in [0.15, 0.2) is 0 Å². The summed E-state index contributed by atoms with van der Waals surface area (Å²) >= 11 is 0. The van der Waals surface area contributed by atoms with E-state index >= 15 is 0 Å². The Morgan fingerprint density at radius 1 is 0.423 bits per heavy atom. The molecule has 7 aliphatic rings. The van der Waals surface area contributed by atoms with Crippen LogP contribution in [0.15, 0.2) is 91.0 Å². The molecule has 6 fully saturated rings. The lowest BCUT2D eigenvalue weighted by molar-refractivity contribution is 0.137. The summed E-state index contributed by atoms with van der Waals surface area (Å²) in [6.45, 7) is 0. The van der Waals surface area contributed by atoms with Crippen molar-refractivity contribution in [2.75, 3.05) is 4.90 Å². The second-order valence-corrected chi connectivity index (χ2v) is 18.9. The average molecular weight is 686 g/mol. The van der Waals surface area contributed by atoms with Crippen LogP contribution in [-0.2, 0) is 5.41 Å². The lowest BCUT2D eigenvalue weighted by atomic mass is 9.55. The van der Waals surface area contributed by atoms with Crippen molar-refractivity contribution in [1.82, 2.24) is 0 Å². The molecule has 0 radical (unpaired) electrons. The van der Waals surface area contributed by atoms with Crippen molar-refractivity contribution >= 4 is 17.1 Å². The number of rotatable bonds is 7.